The maximum atomic E-state index is 12.4. The van der Waals surface area contributed by atoms with Gasteiger partial charge in [-0.05, 0) is 58.4 Å². The molecule has 0 aromatic carbocycles. The molecule has 4 rings (SSSR count). The van der Waals surface area contributed by atoms with Crippen molar-refractivity contribution in [2.24, 2.45) is 5.92 Å². The molecule has 2 aromatic heterocycles. The zero-order valence-electron chi connectivity index (χ0n) is 18.6. The van der Waals surface area contributed by atoms with Crippen molar-refractivity contribution in [2.75, 3.05) is 13.1 Å². The zero-order chi connectivity index (χ0) is 21.4. The molecular weight excluding hydrogens is 378 g/mol. The van der Waals surface area contributed by atoms with Gasteiger partial charge in [0.2, 0.25) is 11.8 Å². The lowest BCUT2D eigenvalue weighted by Gasteiger charge is -2.15. The van der Waals surface area contributed by atoms with E-state index in [-0.39, 0.29) is 23.8 Å². The van der Waals surface area contributed by atoms with Crippen molar-refractivity contribution in [3.63, 3.8) is 0 Å². The van der Waals surface area contributed by atoms with E-state index in [2.05, 4.69) is 25.2 Å². The van der Waals surface area contributed by atoms with Gasteiger partial charge < -0.3 is 10.2 Å². The third-order valence-corrected chi connectivity index (χ3v) is 6.65. The number of carbonyl (C=O) groups excluding carboxylic acids is 2. The van der Waals surface area contributed by atoms with E-state index >= 15 is 0 Å². The monoisotopic (exact) mass is 411 g/mol. The summed E-state index contributed by atoms with van der Waals surface area (Å²) in [6.45, 7) is 9.74. The molecule has 30 heavy (non-hydrogen) atoms. The topological polar surface area (TPSA) is 79.6 Å². The van der Waals surface area contributed by atoms with Crippen LogP contribution in [-0.2, 0) is 16.0 Å². The molecule has 7 heteroatoms. The van der Waals surface area contributed by atoms with Gasteiger partial charge >= 0.3 is 0 Å². The summed E-state index contributed by atoms with van der Waals surface area (Å²) in [5.74, 6) is 0.954. The number of fused-ring (bicyclic) bond motifs is 1. The lowest BCUT2D eigenvalue weighted by Crippen LogP contribution is -2.32. The molecular formula is C23H33N5O2. The van der Waals surface area contributed by atoms with Gasteiger partial charge in [-0.25, -0.2) is 9.50 Å². The van der Waals surface area contributed by atoms with Gasteiger partial charge in [-0.3, -0.25) is 9.59 Å². The molecule has 1 N–H and O–H groups in total. The number of nitrogens with one attached hydrogen (secondary N) is 1. The Kier molecular flexibility index (Phi) is 5.80. The van der Waals surface area contributed by atoms with Crippen LogP contribution in [0.15, 0.2) is 6.07 Å². The Labute approximate surface area is 178 Å². The van der Waals surface area contributed by atoms with Crippen molar-refractivity contribution < 1.29 is 9.59 Å². The molecule has 1 aliphatic carbocycles. The summed E-state index contributed by atoms with van der Waals surface area (Å²) in [6.07, 6.45) is 5.10. The number of rotatable bonds is 7. The van der Waals surface area contributed by atoms with Gasteiger partial charge in [0.15, 0.2) is 5.65 Å². The molecule has 2 aliphatic rings. The van der Waals surface area contributed by atoms with Crippen molar-refractivity contribution in [3.8, 4) is 0 Å². The van der Waals surface area contributed by atoms with Gasteiger partial charge in [-0.2, -0.15) is 5.10 Å². The Hall–Kier alpha value is -2.44. The highest BCUT2D eigenvalue weighted by Gasteiger charge is 2.37. The predicted octanol–water partition coefficient (Wildman–Crippen LogP) is 2.92. The van der Waals surface area contributed by atoms with Crippen LogP contribution in [0.25, 0.3) is 5.65 Å². The van der Waals surface area contributed by atoms with Gasteiger partial charge in [0, 0.05) is 54.8 Å². The second kappa shape index (κ2) is 8.36. The number of carbonyl (C=O) groups is 2. The van der Waals surface area contributed by atoms with Crippen molar-refractivity contribution in [1.82, 2.24) is 24.8 Å². The molecule has 2 atom stereocenters. The maximum absolute atomic E-state index is 12.4. The zero-order valence-corrected chi connectivity index (χ0v) is 18.6. The van der Waals surface area contributed by atoms with Gasteiger partial charge in [0.25, 0.3) is 0 Å². The van der Waals surface area contributed by atoms with Crippen LogP contribution < -0.4 is 5.32 Å². The van der Waals surface area contributed by atoms with Gasteiger partial charge in [-0.1, -0.05) is 6.92 Å². The molecule has 2 amide bonds. The van der Waals surface area contributed by atoms with Crippen LogP contribution in [0.4, 0.5) is 0 Å². The molecule has 3 heterocycles. The fraction of sp³-hybridized carbons (Fsp3) is 0.652. The van der Waals surface area contributed by atoms with Crippen molar-refractivity contribution in [3.05, 3.63) is 28.7 Å². The van der Waals surface area contributed by atoms with Gasteiger partial charge in [-0.15, -0.1) is 0 Å². The predicted molar refractivity (Wildman–Crippen MR) is 115 cm³/mol. The third-order valence-electron chi connectivity index (χ3n) is 6.65. The summed E-state index contributed by atoms with van der Waals surface area (Å²) in [5.41, 5.74) is 4.96. The number of amides is 2. The van der Waals surface area contributed by atoms with E-state index in [9.17, 15) is 9.59 Å². The quantitative estimate of drug-likeness (QED) is 0.760. The Morgan fingerprint density at radius 3 is 2.73 bits per heavy atom. The summed E-state index contributed by atoms with van der Waals surface area (Å²) >= 11 is 0. The number of hydrogen-bond donors (Lipinski definition) is 1. The molecule has 1 aliphatic heterocycles. The van der Waals surface area contributed by atoms with Crippen LogP contribution in [0.1, 0.15) is 74.5 Å². The smallest absolute Gasteiger partial charge is 0.225 e. The Bertz CT molecular complexity index is 962. The van der Waals surface area contributed by atoms with Gasteiger partial charge in [0.1, 0.15) is 0 Å². The number of likely N-dealkylation sites (tertiary alicyclic amines) is 1. The molecule has 7 nitrogen and oxygen atoms in total. The van der Waals surface area contributed by atoms with E-state index in [0.29, 0.717) is 18.7 Å². The second-order valence-corrected chi connectivity index (χ2v) is 9.02. The molecule has 0 unspecified atom stereocenters. The van der Waals surface area contributed by atoms with E-state index in [1.165, 1.54) is 0 Å². The SMILES string of the molecule is CC[C@H](C)NC(=O)CCc1c(C)nc2cc([C@@H]3CCN(C(=O)C4CC4)C3)nn2c1C. The van der Waals surface area contributed by atoms with E-state index in [0.717, 1.165) is 67.1 Å². The second-order valence-electron chi connectivity index (χ2n) is 9.02. The number of hydrogen-bond acceptors (Lipinski definition) is 4. The minimum Gasteiger partial charge on any atom is -0.354 e. The minimum atomic E-state index is 0.0794. The van der Waals surface area contributed by atoms with Crippen LogP contribution in [0.2, 0.25) is 0 Å². The van der Waals surface area contributed by atoms with Crippen molar-refractivity contribution >= 4 is 17.5 Å². The summed E-state index contributed by atoms with van der Waals surface area (Å²) in [4.78, 5) is 31.3. The standard InChI is InChI=1S/C23H33N5O2/c1-5-14(2)24-22(29)9-8-19-15(3)25-21-12-20(26-28(21)16(19)4)18-10-11-27(13-18)23(30)17-6-7-17/h12,14,17-18H,5-11,13H2,1-4H3,(H,24,29)/t14-,18+/m0/s1. The average molecular weight is 412 g/mol. The minimum absolute atomic E-state index is 0.0794. The fourth-order valence-electron chi connectivity index (χ4n) is 4.38. The van der Waals surface area contributed by atoms with Crippen LogP contribution in [0.5, 0.6) is 0 Å². The van der Waals surface area contributed by atoms with Crippen molar-refractivity contribution in [2.45, 2.75) is 78.2 Å². The molecule has 0 spiro atoms. The largest absolute Gasteiger partial charge is 0.354 e. The lowest BCUT2D eigenvalue weighted by atomic mass is 10.1. The normalized spacial score (nSPS) is 20.0. The lowest BCUT2D eigenvalue weighted by molar-refractivity contribution is -0.131. The molecule has 1 saturated carbocycles. The van der Waals surface area contributed by atoms with Gasteiger partial charge in [0.05, 0.1) is 5.69 Å². The van der Waals surface area contributed by atoms with Crippen LogP contribution in [-0.4, -0.2) is 50.4 Å². The van der Waals surface area contributed by atoms with Crippen molar-refractivity contribution in [1.29, 1.82) is 0 Å². The molecule has 2 fully saturated rings. The first-order valence-electron chi connectivity index (χ1n) is 11.3. The van der Waals surface area contributed by atoms with E-state index in [1.54, 1.807) is 0 Å². The Morgan fingerprint density at radius 2 is 2.03 bits per heavy atom. The summed E-state index contributed by atoms with van der Waals surface area (Å²) in [6, 6.07) is 2.27. The molecule has 0 radical (unpaired) electrons. The highest BCUT2D eigenvalue weighted by molar-refractivity contribution is 5.81. The Morgan fingerprint density at radius 1 is 1.27 bits per heavy atom. The number of nitrogens with zero attached hydrogens (tertiary/aromatic N) is 4. The highest BCUT2D eigenvalue weighted by atomic mass is 16.2. The average Bonchev–Trinajstić information content (AvgIpc) is 3.29. The molecule has 2 aromatic rings. The summed E-state index contributed by atoms with van der Waals surface area (Å²) in [7, 11) is 0. The highest BCUT2D eigenvalue weighted by Crippen LogP contribution is 2.35. The van der Waals surface area contributed by atoms with Crippen LogP contribution in [0, 0.1) is 19.8 Å². The summed E-state index contributed by atoms with van der Waals surface area (Å²) < 4.78 is 1.91. The van der Waals surface area contributed by atoms with E-state index < -0.39 is 0 Å². The van der Waals surface area contributed by atoms with Crippen LogP contribution >= 0.6 is 0 Å². The first kappa shape index (κ1) is 20.8. The maximum Gasteiger partial charge on any atom is 0.225 e. The molecule has 1 saturated heterocycles. The van der Waals surface area contributed by atoms with E-state index in [4.69, 9.17) is 10.1 Å². The third kappa shape index (κ3) is 4.20. The van der Waals surface area contributed by atoms with E-state index in [1.807, 2.05) is 23.3 Å². The first-order valence-corrected chi connectivity index (χ1v) is 11.3. The first-order chi connectivity index (χ1) is 14.4. The number of aryl methyl sites for hydroxylation is 2. The number of aromatic nitrogens is 3. The Balaban J connectivity index is 1.48. The van der Waals surface area contributed by atoms with Crippen LogP contribution in [0.3, 0.4) is 0 Å². The fourth-order valence-corrected chi connectivity index (χ4v) is 4.38. The summed E-state index contributed by atoms with van der Waals surface area (Å²) in [5, 5.41) is 7.88. The molecule has 162 valence electrons. The molecule has 0 bridgehead atoms.